The van der Waals surface area contributed by atoms with Gasteiger partial charge in [0.1, 0.15) is 0 Å². The Hall–Kier alpha value is -0.380. The van der Waals surface area contributed by atoms with Gasteiger partial charge in [0.05, 0.1) is 5.60 Å². The van der Waals surface area contributed by atoms with Gasteiger partial charge in [-0.2, -0.15) is 11.3 Å². The molecule has 0 bridgehead atoms. The van der Waals surface area contributed by atoms with Crippen molar-refractivity contribution in [3.05, 3.63) is 22.4 Å². The normalized spacial score (nSPS) is 26.2. The minimum Gasteiger partial charge on any atom is -0.374 e. The molecule has 0 spiro atoms. The van der Waals surface area contributed by atoms with Gasteiger partial charge in [-0.3, -0.25) is 0 Å². The van der Waals surface area contributed by atoms with Gasteiger partial charge in [0.15, 0.2) is 0 Å². The Labute approximate surface area is 108 Å². The van der Waals surface area contributed by atoms with Crippen LogP contribution in [0.1, 0.15) is 38.7 Å². The highest BCUT2D eigenvalue weighted by Gasteiger charge is 2.37. The Morgan fingerprint density at radius 2 is 2.47 bits per heavy atom. The molecular weight excluding hydrogens is 230 g/mol. The number of ether oxygens (including phenoxy) is 1. The van der Waals surface area contributed by atoms with Crippen LogP contribution in [-0.2, 0) is 11.2 Å². The summed E-state index contributed by atoms with van der Waals surface area (Å²) < 4.78 is 5.99. The zero-order chi connectivity index (χ0) is 12.1. The summed E-state index contributed by atoms with van der Waals surface area (Å²) in [6.45, 7) is 6.48. The van der Waals surface area contributed by atoms with Crippen LogP contribution in [0.2, 0.25) is 0 Å². The smallest absolute Gasteiger partial charge is 0.0810 e. The lowest BCUT2D eigenvalue weighted by Gasteiger charge is -2.34. The number of rotatable bonds is 6. The van der Waals surface area contributed by atoms with Crippen molar-refractivity contribution >= 4 is 11.3 Å². The third kappa shape index (κ3) is 3.30. The van der Waals surface area contributed by atoms with Gasteiger partial charge in [-0.1, -0.05) is 6.92 Å². The van der Waals surface area contributed by atoms with Gasteiger partial charge >= 0.3 is 0 Å². The molecule has 17 heavy (non-hydrogen) atoms. The fourth-order valence-corrected chi connectivity index (χ4v) is 3.22. The molecule has 96 valence electrons. The summed E-state index contributed by atoms with van der Waals surface area (Å²) in [5, 5.41) is 8.08. The van der Waals surface area contributed by atoms with E-state index in [1.54, 1.807) is 11.3 Å². The van der Waals surface area contributed by atoms with Crippen molar-refractivity contribution in [2.45, 2.75) is 51.2 Å². The Bertz CT molecular complexity index is 317. The lowest BCUT2D eigenvalue weighted by molar-refractivity contribution is -0.0114. The fraction of sp³-hybridized carbons (Fsp3) is 0.714. The van der Waals surface area contributed by atoms with Crippen molar-refractivity contribution in [3.8, 4) is 0 Å². The zero-order valence-corrected chi connectivity index (χ0v) is 11.7. The summed E-state index contributed by atoms with van der Waals surface area (Å²) in [5.41, 5.74) is 1.46. The van der Waals surface area contributed by atoms with E-state index in [0.717, 1.165) is 19.6 Å². The standard InChI is InChI=1S/C14H23NOS/c1-3-7-15-13(10-12-5-9-17-11-12)14(2)6-4-8-16-14/h5,9,11,13,15H,3-4,6-8,10H2,1-2H3. The molecule has 1 aliphatic rings. The molecule has 1 saturated heterocycles. The molecule has 0 aromatic carbocycles. The SMILES string of the molecule is CCCNC(Cc1ccsc1)C1(C)CCCO1. The van der Waals surface area contributed by atoms with E-state index in [0.29, 0.717) is 6.04 Å². The predicted molar refractivity (Wildman–Crippen MR) is 73.7 cm³/mol. The van der Waals surface area contributed by atoms with Crippen LogP contribution in [-0.4, -0.2) is 24.8 Å². The van der Waals surface area contributed by atoms with E-state index >= 15 is 0 Å². The minimum absolute atomic E-state index is 0.0249. The molecule has 1 aliphatic heterocycles. The molecule has 1 N–H and O–H groups in total. The quantitative estimate of drug-likeness (QED) is 0.840. The number of nitrogens with one attached hydrogen (secondary N) is 1. The van der Waals surface area contributed by atoms with Gasteiger partial charge < -0.3 is 10.1 Å². The third-order valence-corrected chi connectivity index (χ3v) is 4.38. The van der Waals surface area contributed by atoms with Crippen molar-refractivity contribution < 1.29 is 4.74 Å². The molecule has 0 radical (unpaired) electrons. The van der Waals surface area contributed by atoms with Gasteiger partial charge in [-0.15, -0.1) is 0 Å². The largest absolute Gasteiger partial charge is 0.374 e. The highest BCUT2D eigenvalue weighted by molar-refractivity contribution is 7.07. The second-order valence-electron chi connectivity index (χ2n) is 5.11. The average molecular weight is 253 g/mol. The number of thiophene rings is 1. The molecule has 0 saturated carbocycles. The molecular formula is C14H23NOS. The van der Waals surface area contributed by atoms with E-state index in [1.165, 1.54) is 24.8 Å². The Balaban J connectivity index is 2.02. The van der Waals surface area contributed by atoms with Gasteiger partial charge in [-0.05, 0) is 61.5 Å². The fourth-order valence-electron chi connectivity index (χ4n) is 2.54. The first-order valence-corrected chi connectivity index (χ1v) is 7.57. The predicted octanol–water partition coefficient (Wildman–Crippen LogP) is 3.23. The second-order valence-corrected chi connectivity index (χ2v) is 5.89. The summed E-state index contributed by atoms with van der Waals surface area (Å²) in [5.74, 6) is 0. The van der Waals surface area contributed by atoms with Crippen LogP contribution in [0.5, 0.6) is 0 Å². The van der Waals surface area contributed by atoms with Crippen molar-refractivity contribution in [2.24, 2.45) is 0 Å². The summed E-state index contributed by atoms with van der Waals surface area (Å²) in [6.07, 6.45) is 4.64. The van der Waals surface area contributed by atoms with Crippen LogP contribution in [0.4, 0.5) is 0 Å². The molecule has 2 atom stereocenters. The minimum atomic E-state index is 0.0249. The van der Waals surface area contributed by atoms with Crippen LogP contribution in [0.3, 0.4) is 0 Å². The molecule has 1 aromatic heterocycles. The highest BCUT2D eigenvalue weighted by atomic mass is 32.1. The molecule has 0 amide bonds. The Kier molecular flexibility index (Phi) is 4.60. The van der Waals surface area contributed by atoms with E-state index in [1.807, 2.05) is 0 Å². The van der Waals surface area contributed by atoms with Crippen LogP contribution < -0.4 is 5.32 Å². The first-order chi connectivity index (χ1) is 8.24. The molecule has 2 heterocycles. The Morgan fingerprint density at radius 3 is 3.06 bits per heavy atom. The lowest BCUT2D eigenvalue weighted by atomic mass is 9.89. The van der Waals surface area contributed by atoms with E-state index in [2.05, 4.69) is 36.0 Å². The van der Waals surface area contributed by atoms with Crippen molar-refractivity contribution in [3.63, 3.8) is 0 Å². The van der Waals surface area contributed by atoms with E-state index in [-0.39, 0.29) is 5.60 Å². The van der Waals surface area contributed by atoms with E-state index < -0.39 is 0 Å². The van der Waals surface area contributed by atoms with E-state index in [9.17, 15) is 0 Å². The molecule has 1 fully saturated rings. The third-order valence-electron chi connectivity index (χ3n) is 3.65. The molecule has 2 rings (SSSR count). The highest BCUT2D eigenvalue weighted by Crippen LogP contribution is 2.30. The van der Waals surface area contributed by atoms with Crippen molar-refractivity contribution in [2.75, 3.05) is 13.2 Å². The number of hydrogen-bond acceptors (Lipinski definition) is 3. The monoisotopic (exact) mass is 253 g/mol. The first kappa shape index (κ1) is 13.1. The molecule has 2 nitrogen and oxygen atoms in total. The first-order valence-electron chi connectivity index (χ1n) is 6.63. The molecule has 0 aliphatic carbocycles. The van der Waals surface area contributed by atoms with Crippen molar-refractivity contribution in [1.29, 1.82) is 0 Å². The summed E-state index contributed by atoms with van der Waals surface area (Å²) in [7, 11) is 0. The maximum atomic E-state index is 5.99. The van der Waals surface area contributed by atoms with Gasteiger partial charge in [0.2, 0.25) is 0 Å². The lowest BCUT2D eigenvalue weighted by Crippen LogP contribution is -2.50. The van der Waals surface area contributed by atoms with Crippen LogP contribution in [0, 0.1) is 0 Å². The van der Waals surface area contributed by atoms with Crippen LogP contribution >= 0.6 is 11.3 Å². The molecule has 1 aromatic rings. The van der Waals surface area contributed by atoms with Gasteiger partial charge in [-0.25, -0.2) is 0 Å². The number of hydrogen-bond donors (Lipinski definition) is 1. The summed E-state index contributed by atoms with van der Waals surface area (Å²) in [6, 6.07) is 2.67. The maximum Gasteiger partial charge on any atom is 0.0810 e. The Morgan fingerprint density at radius 1 is 1.59 bits per heavy atom. The molecule has 2 unspecified atom stereocenters. The average Bonchev–Trinajstić information content (AvgIpc) is 2.96. The topological polar surface area (TPSA) is 21.3 Å². The summed E-state index contributed by atoms with van der Waals surface area (Å²) >= 11 is 1.78. The summed E-state index contributed by atoms with van der Waals surface area (Å²) in [4.78, 5) is 0. The van der Waals surface area contributed by atoms with Crippen LogP contribution in [0.15, 0.2) is 16.8 Å². The van der Waals surface area contributed by atoms with Crippen molar-refractivity contribution in [1.82, 2.24) is 5.32 Å². The maximum absolute atomic E-state index is 5.99. The van der Waals surface area contributed by atoms with Crippen LogP contribution in [0.25, 0.3) is 0 Å². The zero-order valence-electron chi connectivity index (χ0n) is 10.9. The second kappa shape index (κ2) is 5.98. The molecule has 3 heteroatoms. The van der Waals surface area contributed by atoms with Gasteiger partial charge in [0, 0.05) is 12.6 Å². The van der Waals surface area contributed by atoms with E-state index in [4.69, 9.17) is 4.74 Å². The van der Waals surface area contributed by atoms with Gasteiger partial charge in [0.25, 0.3) is 0 Å².